The first-order chi connectivity index (χ1) is 14.2. The summed E-state index contributed by atoms with van der Waals surface area (Å²) in [5.41, 5.74) is 2.21. The highest BCUT2D eigenvalue weighted by atomic mass is 19.4. The Hall–Kier alpha value is -2.97. The fourth-order valence-electron chi connectivity index (χ4n) is 3.48. The summed E-state index contributed by atoms with van der Waals surface area (Å²) in [4.78, 5) is 21.5. The van der Waals surface area contributed by atoms with Gasteiger partial charge in [0.1, 0.15) is 6.07 Å². The third-order valence-electron chi connectivity index (χ3n) is 5.06. The molecule has 2 atom stereocenters. The molecule has 1 aliphatic heterocycles. The smallest absolute Gasteiger partial charge is 0.471 e. The molecule has 1 aliphatic rings. The van der Waals surface area contributed by atoms with Gasteiger partial charge < -0.3 is 15.2 Å². The highest BCUT2D eigenvalue weighted by molar-refractivity contribution is 5.81. The molecule has 0 aromatic carbocycles. The van der Waals surface area contributed by atoms with Crippen LogP contribution in [0.1, 0.15) is 11.1 Å². The van der Waals surface area contributed by atoms with Crippen molar-refractivity contribution in [3.8, 4) is 11.9 Å². The van der Waals surface area contributed by atoms with Gasteiger partial charge in [0.15, 0.2) is 0 Å². The molecule has 0 saturated carbocycles. The molecule has 0 spiro atoms. The molecule has 160 valence electrons. The highest BCUT2D eigenvalue weighted by Crippen LogP contribution is 2.24. The molecule has 3 heterocycles. The molecule has 11 heteroatoms. The van der Waals surface area contributed by atoms with Gasteiger partial charge in [0.05, 0.1) is 29.8 Å². The Morgan fingerprint density at radius 1 is 1.43 bits per heavy atom. The van der Waals surface area contributed by atoms with E-state index in [9.17, 15) is 28.3 Å². The molecule has 2 aromatic heterocycles. The van der Waals surface area contributed by atoms with Crippen molar-refractivity contribution in [2.24, 2.45) is 5.92 Å². The average molecular weight is 423 g/mol. The summed E-state index contributed by atoms with van der Waals surface area (Å²) in [5, 5.41) is 21.4. The van der Waals surface area contributed by atoms with Gasteiger partial charge in [-0.25, -0.2) is 4.98 Å². The molecule has 1 fully saturated rings. The van der Waals surface area contributed by atoms with Crippen LogP contribution in [0.25, 0.3) is 11.0 Å². The Labute approximate surface area is 170 Å². The number of likely N-dealkylation sites (tertiary alicyclic amines) is 1. The molecule has 3 rings (SSSR count). The lowest BCUT2D eigenvalue weighted by molar-refractivity contribution is -0.173. The predicted octanol–water partition coefficient (Wildman–Crippen LogP) is 1.02. The number of rotatable bonds is 6. The van der Waals surface area contributed by atoms with E-state index in [1.807, 2.05) is 10.2 Å². The van der Waals surface area contributed by atoms with Crippen LogP contribution in [0.2, 0.25) is 0 Å². The fraction of sp³-hybridized carbons (Fsp3) is 0.474. The number of fused-ring (bicyclic) bond motifs is 1. The van der Waals surface area contributed by atoms with Crippen molar-refractivity contribution in [1.29, 1.82) is 5.26 Å². The Morgan fingerprint density at radius 2 is 2.20 bits per heavy atom. The Balaban J connectivity index is 1.68. The summed E-state index contributed by atoms with van der Waals surface area (Å²) in [6.45, 7) is 0.763. The van der Waals surface area contributed by atoms with E-state index in [2.05, 4.69) is 16.0 Å². The summed E-state index contributed by atoms with van der Waals surface area (Å²) in [6.07, 6.45) is -3.91. The van der Waals surface area contributed by atoms with Crippen LogP contribution in [0.5, 0.6) is 5.88 Å². The number of carbonyl (C=O) groups excluding carboxylic acids is 1. The first-order valence-electron chi connectivity index (χ1n) is 9.21. The summed E-state index contributed by atoms with van der Waals surface area (Å²) in [5.74, 6) is -2.15. The standard InChI is InChI=1S/C19H20F3N5O3/c1-30-16-3-2-14-17(26-16)13(11(6-23)7-24-14)4-5-27-9-12(15(28)10-27)8-25-18(29)19(20,21)22/h2-3,7,12,15,28H,4-5,8-10H2,1H3,(H,25,29)/t12-,15+/m0/s1. The summed E-state index contributed by atoms with van der Waals surface area (Å²) >= 11 is 0. The molecule has 30 heavy (non-hydrogen) atoms. The van der Waals surface area contributed by atoms with Crippen molar-refractivity contribution in [2.75, 3.05) is 33.3 Å². The van der Waals surface area contributed by atoms with Crippen molar-refractivity contribution in [3.63, 3.8) is 0 Å². The second-order valence-electron chi connectivity index (χ2n) is 7.03. The monoisotopic (exact) mass is 423 g/mol. The van der Waals surface area contributed by atoms with E-state index in [-0.39, 0.29) is 13.1 Å². The van der Waals surface area contributed by atoms with E-state index in [4.69, 9.17) is 4.74 Å². The maximum absolute atomic E-state index is 12.3. The van der Waals surface area contributed by atoms with Gasteiger partial charge in [0.2, 0.25) is 5.88 Å². The number of amides is 1. The van der Waals surface area contributed by atoms with E-state index in [1.165, 1.54) is 13.3 Å². The zero-order valence-electron chi connectivity index (χ0n) is 16.1. The molecule has 0 unspecified atom stereocenters. The minimum absolute atomic E-state index is 0.258. The lowest BCUT2D eigenvalue weighted by Gasteiger charge is -2.17. The molecule has 0 aliphatic carbocycles. The van der Waals surface area contributed by atoms with Gasteiger partial charge in [0.25, 0.3) is 0 Å². The normalized spacial score (nSPS) is 19.6. The molecule has 0 radical (unpaired) electrons. The number of pyridine rings is 2. The summed E-state index contributed by atoms with van der Waals surface area (Å²) in [7, 11) is 1.48. The number of methoxy groups -OCH3 is 1. The topological polar surface area (TPSA) is 111 Å². The third-order valence-corrected chi connectivity index (χ3v) is 5.06. The Bertz CT molecular complexity index is 976. The maximum atomic E-state index is 12.3. The SMILES string of the molecule is COc1ccc2ncc(C#N)c(CCN3C[C@H](CNC(=O)C(F)(F)F)[C@H](O)C3)c2n1. The van der Waals surface area contributed by atoms with Crippen molar-refractivity contribution in [2.45, 2.75) is 18.7 Å². The number of carbonyl (C=O) groups is 1. The van der Waals surface area contributed by atoms with Gasteiger partial charge in [-0.3, -0.25) is 14.7 Å². The highest BCUT2D eigenvalue weighted by Gasteiger charge is 2.40. The van der Waals surface area contributed by atoms with Crippen LogP contribution in [-0.2, 0) is 11.2 Å². The van der Waals surface area contributed by atoms with Crippen LogP contribution in [-0.4, -0.2) is 71.5 Å². The number of halogens is 3. The van der Waals surface area contributed by atoms with Gasteiger partial charge in [-0.2, -0.15) is 18.4 Å². The minimum Gasteiger partial charge on any atom is -0.481 e. The van der Waals surface area contributed by atoms with Gasteiger partial charge in [-0.05, 0) is 12.5 Å². The van der Waals surface area contributed by atoms with Gasteiger partial charge in [-0.1, -0.05) is 0 Å². The van der Waals surface area contributed by atoms with E-state index in [0.29, 0.717) is 47.6 Å². The Morgan fingerprint density at radius 3 is 2.87 bits per heavy atom. The maximum Gasteiger partial charge on any atom is 0.471 e. The van der Waals surface area contributed by atoms with Crippen LogP contribution >= 0.6 is 0 Å². The number of nitriles is 1. The zero-order chi connectivity index (χ0) is 21.9. The van der Waals surface area contributed by atoms with Gasteiger partial charge >= 0.3 is 12.1 Å². The quantitative estimate of drug-likeness (QED) is 0.714. The van der Waals surface area contributed by atoms with E-state index >= 15 is 0 Å². The second-order valence-corrected chi connectivity index (χ2v) is 7.03. The first kappa shape index (κ1) is 21.7. The zero-order valence-corrected chi connectivity index (χ0v) is 16.1. The number of nitrogens with zero attached hydrogens (tertiary/aromatic N) is 4. The van der Waals surface area contributed by atoms with Crippen LogP contribution in [0, 0.1) is 17.2 Å². The van der Waals surface area contributed by atoms with Crippen LogP contribution in [0.15, 0.2) is 18.3 Å². The number of ether oxygens (including phenoxy) is 1. The van der Waals surface area contributed by atoms with E-state index in [1.54, 1.807) is 12.1 Å². The van der Waals surface area contributed by atoms with Crippen molar-refractivity contribution < 1.29 is 27.8 Å². The lowest BCUT2D eigenvalue weighted by Crippen LogP contribution is -2.41. The van der Waals surface area contributed by atoms with Crippen molar-refractivity contribution in [3.05, 3.63) is 29.5 Å². The molecule has 1 saturated heterocycles. The third kappa shape index (κ3) is 4.77. The molecule has 8 nitrogen and oxygen atoms in total. The van der Waals surface area contributed by atoms with E-state index < -0.39 is 24.1 Å². The fourth-order valence-corrected chi connectivity index (χ4v) is 3.48. The largest absolute Gasteiger partial charge is 0.481 e. The number of alkyl halides is 3. The number of nitrogens with one attached hydrogen (secondary N) is 1. The number of hydrogen-bond acceptors (Lipinski definition) is 7. The molecular weight excluding hydrogens is 403 g/mol. The molecule has 1 amide bonds. The summed E-state index contributed by atoms with van der Waals surface area (Å²) in [6, 6.07) is 5.51. The van der Waals surface area contributed by atoms with Crippen molar-refractivity contribution in [1.82, 2.24) is 20.2 Å². The first-order valence-corrected chi connectivity index (χ1v) is 9.21. The second kappa shape index (κ2) is 8.81. The van der Waals surface area contributed by atoms with Crippen LogP contribution < -0.4 is 10.1 Å². The number of aromatic nitrogens is 2. The number of β-amino-alcohol motifs (C(OH)–C–C–N with tert-alkyl or cyclic N) is 1. The number of aliphatic hydroxyl groups excluding tert-OH is 1. The lowest BCUT2D eigenvalue weighted by atomic mass is 10.0. The summed E-state index contributed by atoms with van der Waals surface area (Å²) < 4.78 is 42.1. The van der Waals surface area contributed by atoms with Crippen LogP contribution in [0.3, 0.4) is 0 Å². The molecule has 0 bridgehead atoms. The Kier molecular flexibility index (Phi) is 6.38. The molecular formula is C19H20F3N5O3. The molecule has 2 N–H and O–H groups in total. The average Bonchev–Trinajstić information content (AvgIpc) is 3.08. The van der Waals surface area contributed by atoms with Crippen molar-refractivity contribution >= 4 is 16.9 Å². The molecule has 2 aromatic rings. The number of aliphatic hydroxyl groups is 1. The minimum atomic E-state index is -4.95. The van der Waals surface area contributed by atoms with Crippen LogP contribution in [0.4, 0.5) is 13.2 Å². The van der Waals surface area contributed by atoms with Gasteiger partial charge in [-0.15, -0.1) is 0 Å². The number of hydrogen-bond donors (Lipinski definition) is 2. The van der Waals surface area contributed by atoms with E-state index in [0.717, 1.165) is 0 Å². The van der Waals surface area contributed by atoms with Gasteiger partial charge in [0, 0.05) is 49.9 Å². The predicted molar refractivity (Wildman–Crippen MR) is 99.5 cm³/mol.